The largest absolute Gasteiger partial charge is 0.455 e. The van der Waals surface area contributed by atoms with E-state index in [1.165, 1.54) is 6.92 Å². The van der Waals surface area contributed by atoms with Crippen LogP contribution in [-0.4, -0.2) is 37.0 Å². The molecule has 0 heterocycles. The molecule has 1 aromatic carbocycles. The monoisotopic (exact) mass is 363 g/mol. The summed E-state index contributed by atoms with van der Waals surface area (Å²) in [4.78, 5) is 45.7. The van der Waals surface area contributed by atoms with Crippen molar-refractivity contribution in [3.05, 3.63) is 29.8 Å². The molecule has 0 aliphatic carbocycles. The molecule has 1 rings (SSSR count). The van der Waals surface area contributed by atoms with Crippen molar-refractivity contribution in [1.82, 2.24) is 10.6 Å². The highest BCUT2D eigenvalue weighted by molar-refractivity contribution is 5.95. The first-order valence-corrected chi connectivity index (χ1v) is 8.36. The average molecular weight is 363 g/mol. The zero-order valence-corrected chi connectivity index (χ0v) is 15.3. The van der Waals surface area contributed by atoms with Crippen molar-refractivity contribution in [2.45, 2.75) is 33.6 Å². The van der Waals surface area contributed by atoms with Gasteiger partial charge in [0.25, 0.3) is 5.91 Å². The number of esters is 1. The molecule has 0 unspecified atom stereocenters. The molecule has 0 aliphatic rings. The van der Waals surface area contributed by atoms with Gasteiger partial charge >= 0.3 is 12.0 Å². The van der Waals surface area contributed by atoms with Crippen molar-refractivity contribution < 1.29 is 23.9 Å². The van der Waals surface area contributed by atoms with Crippen LogP contribution >= 0.6 is 0 Å². The van der Waals surface area contributed by atoms with Gasteiger partial charge in [-0.2, -0.15) is 0 Å². The fraction of sp³-hybridized carbons (Fsp3) is 0.444. The summed E-state index contributed by atoms with van der Waals surface area (Å²) in [6.07, 6.45) is 0.783. The predicted molar refractivity (Wildman–Crippen MR) is 96.4 cm³/mol. The summed E-state index contributed by atoms with van der Waals surface area (Å²) >= 11 is 0. The molecule has 3 N–H and O–H groups in total. The number of hydrogen-bond donors (Lipinski definition) is 3. The van der Waals surface area contributed by atoms with Gasteiger partial charge in [-0.3, -0.25) is 19.7 Å². The normalized spacial score (nSPS) is 10.2. The standard InChI is InChI=1S/C18H25N3O5/c1-12(2)8-9-19-18(25)21-16(23)11-26-17(24)10-14-4-6-15(7-5-14)20-13(3)22/h4-7,12H,8-11H2,1-3H3,(H,20,22)(H2,19,21,23,25). The van der Waals surface area contributed by atoms with Crippen LogP contribution in [0, 0.1) is 5.92 Å². The topological polar surface area (TPSA) is 114 Å². The van der Waals surface area contributed by atoms with Crippen molar-refractivity contribution in [2.24, 2.45) is 5.92 Å². The fourth-order valence-electron chi connectivity index (χ4n) is 1.95. The van der Waals surface area contributed by atoms with Gasteiger partial charge in [0.15, 0.2) is 6.61 Å². The second-order valence-corrected chi connectivity index (χ2v) is 6.20. The van der Waals surface area contributed by atoms with Gasteiger partial charge in [0.1, 0.15) is 0 Å². The van der Waals surface area contributed by atoms with Crippen LogP contribution in [0.25, 0.3) is 0 Å². The van der Waals surface area contributed by atoms with Crippen LogP contribution in [0.1, 0.15) is 32.8 Å². The molecular weight excluding hydrogens is 338 g/mol. The van der Waals surface area contributed by atoms with Gasteiger partial charge in [0, 0.05) is 19.2 Å². The fourth-order valence-corrected chi connectivity index (χ4v) is 1.95. The second kappa shape index (κ2) is 10.9. The molecule has 0 bridgehead atoms. The van der Waals surface area contributed by atoms with E-state index in [0.717, 1.165) is 6.42 Å². The molecular formula is C18H25N3O5. The summed E-state index contributed by atoms with van der Waals surface area (Å²) in [5.41, 5.74) is 1.30. The van der Waals surface area contributed by atoms with Gasteiger partial charge < -0.3 is 15.4 Å². The predicted octanol–water partition coefficient (Wildman–Crippen LogP) is 1.60. The highest BCUT2D eigenvalue weighted by atomic mass is 16.5. The molecule has 1 aromatic rings. The van der Waals surface area contributed by atoms with Crippen molar-refractivity contribution in [3.63, 3.8) is 0 Å². The SMILES string of the molecule is CC(=O)Nc1ccc(CC(=O)OCC(=O)NC(=O)NCCC(C)C)cc1. The van der Waals surface area contributed by atoms with Crippen molar-refractivity contribution in [2.75, 3.05) is 18.5 Å². The van der Waals surface area contributed by atoms with Gasteiger partial charge in [-0.05, 0) is 30.0 Å². The first kappa shape index (κ1) is 21.1. The highest BCUT2D eigenvalue weighted by Gasteiger charge is 2.11. The Morgan fingerprint density at radius 3 is 2.31 bits per heavy atom. The second-order valence-electron chi connectivity index (χ2n) is 6.20. The maximum absolute atomic E-state index is 11.7. The lowest BCUT2D eigenvalue weighted by Gasteiger charge is -2.09. The van der Waals surface area contributed by atoms with Gasteiger partial charge in [0.2, 0.25) is 5.91 Å². The number of amides is 4. The Balaban J connectivity index is 2.29. The third-order valence-corrected chi connectivity index (χ3v) is 3.25. The molecule has 0 atom stereocenters. The number of urea groups is 1. The summed E-state index contributed by atoms with van der Waals surface area (Å²) in [6.45, 7) is 5.39. The summed E-state index contributed by atoms with van der Waals surface area (Å²) in [5.74, 6) is -1.02. The van der Waals surface area contributed by atoms with Gasteiger partial charge in [-0.25, -0.2) is 4.79 Å². The lowest BCUT2D eigenvalue weighted by molar-refractivity contribution is -0.147. The van der Waals surface area contributed by atoms with E-state index >= 15 is 0 Å². The third-order valence-electron chi connectivity index (χ3n) is 3.25. The van der Waals surface area contributed by atoms with Gasteiger partial charge in [-0.1, -0.05) is 26.0 Å². The minimum atomic E-state index is -0.693. The van der Waals surface area contributed by atoms with E-state index < -0.39 is 24.5 Å². The van der Waals surface area contributed by atoms with E-state index in [-0.39, 0.29) is 12.3 Å². The number of hydrogen-bond acceptors (Lipinski definition) is 5. The minimum absolute atomic E-state index is 0.0196. The Morgan fingerprint density at radius 1 is 1.08 bits per heavy atom. The maximum atomic E-state index is 11.7. The zero-order chi connectivity index (χ0) is 19.5. The molecule has 0 aromatic heterocycles. The molecule has 142 valence electrons. The number of benzene rings is 1. The zero-order valence-electron chi connectivity index (χ0n) is 15.3. The Morgan fingerprint density at radius 2 is 1.73 bits per heavy atom. The molecule has 8 heteroatoms. The highest BCUT2D eigenvalue weighted by Crippen LogP contribution is 2.10. The first-order valence-electron chi connectivity index (χ1n) is 8.36. The van der Waals surface area contributed by atoms with Crippen LogP contribution in [-0.2, 0) is 25.5 Å². The van der Waals surface area contributed by atoms with E-state index in [2.05, 4.69) is 16.0 Å². The van der Waals surface area contributed by atoms with Crippen LogP contribution in [0.4, 0.5) is 10.5 Å². The van der Waals surface area contributed by atoms with Crippen LogP contribution in [0.2, 0.25) is 0 Å². The number of nitrogens with one attached hydrogen (secondary N) is 3. The van der Waals surface area contributed by atoms with Crippen LogP contribution in [0.5, 0.6) is 0 Å². The summed E-state index contributed by atoms with van der Waals surface area (Å²) in [6, 6.07) is 6.07. The van der Waals surface area contributed by atoms with E-state index in [1.807, 2.05) is 13.8 Å². The molecule has 0 saturated carbocycles. The van der Waals surface area contributed by atoms with Crippen LogP contribution in [0.3, 0.4) is 0 Å². The summed E-state index contributed by atoms with van der Waals surface area (Å²) < 4.78 is 4.85. The maximum Gasteiger partial charge on any atom is 0.321 e. The van der Waals surface area contributed by atoms with Gasteiger partial charge in [-0.15, -0.1) is 0 Å². The molecule has 0 spiro atoms. The molecule has 0 aliphatic heterocycles. The molecule has 26 heavy (non-hydrogen) atoms. The lowest BCUT2D eigenvalue weighted by atomic mass is 10.1. The van der Waals surface area contributed by atoms with E-state index in [0.29, 0.717) is 23.7 Å². The Kier molecular flexibility index (Phi) is 8.83. The third kappa shape index (κ3) is 9.41. The Bertz CT molecular complexity index is 641. The van der Waals surface area contributed by atoms with Crippen LogP contribution in [0.15, 0.2) is 24.3 Å². The Labute approximate surface area is 152 Å². The first-order chi connectivity index (χ1) is 12.3. The van der Waals surface area contributed by atoms with Crippen molar-refractivity contribution in [1.29, 1.82) is 0 Å². The molecule has 8 nitrogen and oxygen atoms in total. The number of carbonyl (C=O) groups is 4. The number of carbonyl (C=O) groups excluding carboxylic acids is 4. The summed E-state index contributed by atoms with van der Waals surface area (Å²) in [7, 11) is 0. The molecule has 0 radical (unpaired) electrons. The van der Waals surface area contributed by atoms with Crippen LogP contribution < -0.4 is 16.0 Å². The van der Waals surface area contributed by atoms with E-state index in [9.17, 15) is 19.2 Å². The number of rotatable bonds is 8. The van der Waals surface area contributed by atoms with E-state index in [4.69, 9.17) is 4.74 Å². The average Bonchev–Trinajstić information content (AvgIpc) is 2.54. The number of imide groups is 1. The molecule has 4 amide bonds. The quantitative estimate of drug-likeness (QED) is 0.607. The lowest BCUT2D eigenvalue weighted by Crippen LogP contribution is -2.42. The Hall–Kier alpha value is -2.90. The number of anilines is 1. The van der Waals surface area contributed by atoms with Crippen molar-refractivity contribution in [3.8, 4) is 0 Å². The van der Waals surface area contributed by atoms with Crippen molar-refractivity contribution >= 4 is 29.5 Å². The minimum Gasteiger partial charge on any atom is -0.455 e. The molecule has 0 saturated heterocycles. The smallest absolute Gasteiger partial charge is 0.321 e. The van der Waals surface area contributed by atoms with Gasteiger partial charge in [0.05, 0.1) is 6.42 Å². The number of ether oxygens (including phenoxy) is 1. The molecule has 0 fully saturated rings. The summed E-state index contributed by atoms with van der Waals surface area (Å²) in [5, 5.41) is 7.26. The van der Waals surface area contributed by atoms with E-state index in [1.54, 1.807) is 24.3 Å².